The van der Waals surface area contributed by atoms with Crippen molar-refractivity contribution in [2.45, 2.75) is 31.8 Å². The minimum atomic E-state index is -1.40. The third-order valence-electron chi connectivity index (χ3n) is 4.78. The summed E-state index contributed by atoms with van der Waals surface area (Å²) >= 11 is 0. The summed E-state index contributed by atoms with van der Waals surface area (Å²) in [5.41, 5.74) is 4.42. The fourth-order valence-corrected chi connectivity index (χ4v) is 3.28. The van der Waals surface area contributed by atoms with Gasteiger partial charge in [-0.15, -0.1) is 0 Å². The standard InChI is InChI=1S/C21H22N2O5/c1-12(19(24)22-13(2)20(25)26)23-21(27)28-11-18-16-9-5-3-7-14(16)15-8-4-6-10-17(15)18/h3-10,12-13,18H,11H2,1-2H3,(H,22,24)(H,23,27)(H,25,26)/p-1/t12-,13-/m0/s1. The van der Waals surface area contributed by atoms with Crippen molar-refractivity contribution in [2.75, 3.05) is 6.61 Å². The summed E-state index contributed by atoms with van der Waals surface area (Å²) in [5, 5.41) is 15.3. The summed E-state index contributed by atoms with van der Waals surface area (Å²) in [6.07, 6.45) is -0.745. The number of carbonyl (C=O) groups excluding carboxylic acids is 3. The number of rotatable bonds is 6. The van der Waals surface area contributed by atoms with Gasteiger partial charge < -0.3 is 25.3 Å². The molecule has 1 aliphatic rings. The van der Waals surface area contributed by atoms with Gasteiger partial charge in [0.2, 0.25) is 5.91 Å². The van der Waals surface area contributed by atoms with Crippen molar-refractivity contribution in [1.29, 1.82) is 0 Å². The van der Waals surface area contributed by atoms with E-state index in [9.17, 15) is 19.5 Å². The van der Waals surface area contributed by atoms with Gasteiger partial charge >= 0.3 is 6.09 Å². The van der Waals surface area contributed by atoms with Crippen LogP contribution in [-0.4, -0.2) is 36.7 Å². The minimum absolute atomic E-state index is 0.0830. The lowest BCUT2D eigenvalue weighted by Gasteiger charge is -2.19. The Bertz CT molecular complexity index is 866. The van der Waals surface area contributed by atoms with Crippen molar-refractivity contribution in [1.82, 2.24) is 10.6 Å². The molecule has 0 heterocycles. The van der Waals surface area contributed by atoms with E-state index in [1.165, 1.54) is 13.8 Å². The molecule has 0 spiro atoms. The maximum Gasteiger partial charge on any atom is 0.407 e. The number of fused-ring (bicyclic) bond motifs is 3. The summed E-state index contributed by atoms with van der Waals surface area (Å²) in [6.45, 7) is 2.86. The Labute approximate surface area is 162 Å². The molecule has 0 aromatic heterocycles. The first-order valence-corrected chi connectivity index (χ1v) is 9.01. The average Bonchev–Trinajstić information content (AvgIpc) is 3.00. The topological polar surface area (TPSA) is 108 Å². The molecule has 0 bridgehead atoms. The van der Waals surface area contributed by atoms with Crippen LogP contribution in [0.1, 0.15) is 30.9 Å². The molecule has 1 aliphatic carbocycles. The lowest BCUT2D eigenvalue weighted by atomic mass is 9.98. The summed E-state index contributed by atoms with van der Waals surface area (Å²) < 4.78 is 5.35. The molecular formula is C21H21N2O5-. The van der Waals surface area contributed by atoms with E-state index in [0.717, 1.165) is 22.3 Å². The number of carboxylic acid groups (broad SMARTS) is 1. The monoisotopic (exact) mass is 381 g/mol. The maximum atomic E-state index is 12.1. The molecule has 2 N–H and O–H groups in total. The van der Waals surface area contributed by atoms with Gasteiger partial charge in [0.05, 0.1) is 12.0 Å². The summed E-state index contributed by atoms with van der Waals surface area (Å²) in [7, 11) is 0. The molecule has 28 heavy (non-hydrogen) atoms. The summed E-state index contributed by atoms with van der Waals surface area (Å²) in [4.78, 5) is 34.7. The van der Waals surface area contributed by atoms with Crippen LogP contribution in [0, 0.1) is 0 Å². The van der Waals surface area contributed by atoms with Gasteiger partial charge in [0, 0.05) is 5.92 Å². The molecule has 2 aromatic rings. The van der Waals surface area contributed by atoms with Crippen molar-refractivity contribution in [2.24, 2.45) is 0 Å². The Morgan fingerprint density at radius 2 is 1.46 bits per heavy atom. The molecule has 0 radical (unpaired) electrons. The second kappa shape index (κ2) is 8.12. The quantitative estimate of drug-likeness (QED) is 0.781. The van der Waals surface area contributed by atoms with Crippen molar-refractivity contribution >= 4 is 18.0 Å². The Kier molecular flexibility index (Phi) is 5.63. The summed E-state index contributed by atoms with van der Waals surface area (Å²) in [5.74, 6) is -2.12. The average molecular weight is 381 g/mol. The van der Waals surface area contributed by atoms with Crippen LogP contribution in [0.4, 0.5) is 4.79 Å². The van der Waals surface area contributed by atoms with Crippen LogP contribution in [0.15, 0.2) is 48.5 Å². The van der Waals surface area contributed by atoms with Gasteiger partial charge in [-0.3, -0.25) is 4.79 Å². The second-order valence-corrected chi connectivity index (χ2v) is 6.74. The molecule has 2 aromatic carbocycles. The number of aliphatic carboxylic acids is 1. The van der Waals surface area contributed by atoms with Crippen LogP contribution in [0.3, 0.4) is 0 Å². The van der Waals surface area contributed by atoms with Crippen molar-refractivity contribution in [3.63, 3.8) is 0 Å². The first kappa shape index (κ1) is 19.4. The fourth-order valence-electron chi connectivity index (χ4n) is 3.28. The highest BCUT2D eigenvalue weighted by Crippen LogP contribution is 2.44. The number of ether oxygens (including phenoxy) is 1. The highest BCUT2D eigenvalue weighted by Gasteiger charge is 2.29. The molecular weight excluding hydrogens is 360 g/mol. The molecule has 0 aliphatic heterocycles. The smallest absolute Gasteiger partial charge is 0.407 e. The number of hydrogen-bond acceptors (Lipinski definition) is 5. The van der Waals surface area contributed by atoms with Crippen LogP contribution in [0.5, 0.6) is 0 Å². The van der Waals surface area contributed by atoms with Gasteiger partial charge in [0.15, 0.2) is 0 Å². The highest BCUT2D eigenvalue weighted by atomic mass is 16.5. The molecule has 0 saturated carbocycles. The lowest BCUT2D eigenvalue weighted by Crippen LogP contribution is -2.52. The molecule has 0 unspecified atom stereocenters. The van der Waals surface area contributed by atoms with E-state index in [0.29, 0.717) is 0 Å². The second-order valence-electron chi connectivity index (χ2n) is 6.74. The Morgan fingerprint density at radius 3 is 2.00 bits per heavy atom. The van der Waals surface area contributed by atoms with E-state index in [1.54, 1.807) is 0 Å². The maximum absolute atomic E-state index is 12.1. The first-order valence-electron chi connectivity index (χ1n) is 9.01. The molecule has 3 rings (SSSR count). The third-order valence-corrected chi connectivity index (χ3v) is 4.78. The van der Waals surface area contributed by atoms with Gasteiger partial charge in [-0.1, -0.05) is 48.5 Å². The Morgan fingerprint density at radius 1 is 0.929 bits per heavy atom. The molecule has 7 nitrogen and oxygen atoms in total. The zero-order valence-electron chi connectivity index (χ0n) is 15.6. The number of alkyl carbamates (subject to hydrolysis) is 1. The van der Waals surface area contributed by atoms with Crippen LogP contribution >= 0.6 is 0 Å². The fraction of sp³-hybridized carbons (Fsp3) is 0.286. The van der Waals surface area contributed by atoms with Crippen molar-refractivity contribution in [3.05, 3.63) is 59.7 Å². The molecule has 2 atom stereocenters. The largest absolute Gasteiger partial charge is 0.548 e. The van der Waals surface area contributed by atoms with Gasteiger partial charge in [0.1, 0.15) is 12.6 Å². The Hall–Kier alpha value is -3.35. The highest BCUT2D eigenvalue weighted by molar-refractivity contribution is 5.88. The number of benzene rings is 2. The number of amides is 2. The predicted molar refractivity (Wildman–Crippen MR) is 100 cm³/mol. The molecule has 7 heteroatoms. The lowest BCUT2D eigenvalue weighted by molar-refractivity contribution is -0.307. The Balaban J connectivity index is 1.61. The van der Waals surface area contributed by atoms with Gasteiger partial charge in [-0.25, -0.2) is 4.79 Å². The van der Waals surface area contributed by atoms with E-state index < -0.39 is 30.1 Å². The van der Waals surface area contributed by atoms with Crippen LogP contribution in [0.2, 0.25) is 0 Å². The predicted octanol–water partition coefficient (Wildman–Crippen LogP) is 1.17. The van der Waals surface area contributed by atoms with E-state index >= 15 is 0 Å². The first-order chi connectivity index (χ1) is 13.4. The van der Waals surface area contributed by atoms with E-state index in [-0.39, 0.29) is 12.5 Å². The summed E-state index contributed by atoms with van der Waals surface area (Å²) in [6, 6.07) is 13.8. The van der Waals surface area contributed by atoms with E-state index in [4.69, 9.17) is 4.74 Å². The van der Waals surface area contributed by atoms with Gasteiger partial charge in [-0.05, 0) is 36.1 Å². The number of hydrogen-bond donors (Lipinski definition) is 2. The third kappa shape index (κ3) is 3.98. The molecule has 2 amide bonds. The van der Waals surface area contributed by atoms with Crippen molar-refractivity contribution in [3.8, 4) is 11.1 Å². The van der Waals surface area contributed by atoms with Crippen LogP contribution in [-0.2, 0) is 14.3 Å². The van der Waals surface area contributed by atoms with E-state index in [2.05, 4.69) is 10.6 Å². The van der Waals surface area contributed by atoms with E-state index in [1.807, 2.05) is 48.5 Å². The number of carbonyl (C=O) groups is 3. The van der Waals surface area contributed by atoms with Crippen molar-refractivity contribution < 1.29 is 24.2 Å². The number of carboxylic acids is 1. The normalized spacial score (nSPS) is 14.4. The molecule has 0 fully saturated rings. The van der Waals surface area contributed by atoms with Gasteiger partial charge in [-0.2, -0.15) is 0 Å². The zero-order valence-corrected chi connectivity index (χ0v) is 15.6. The number of nitrogens with one attached hydrogen (secondary N) is 2. The van der Waals surface area contributed by atoms with Gasteiger partial charge in [0.25, 0.3) is 0 Å². The zero-order chi connectivity index (χ0) is 20.3. The SMILES string of the molecule is C[C@H](NC(=O)[C@H](C)NC(=O)OCC1c2ccccc2-c2ccccc21)C(=O)[O-]. The molecule has 146 valence electrons. The van der Waals surface area contributed by atoms with Crippen LogP contribution < -0.4 is 15.7 Å². The van der Waals surface area contributed by atoms with Crippen LogP contribution in [0.25, 0.3) is 11.1 Å². The minimum Gasteiger partial charge on any atom is -0.548 e. The molecule has 0 saturated heterocycles.